The van der Waals surface area contributed by atoms with E-state index < -0.39 is 0 Å². The lowest BCUT2D eigenvalue weighted by Crippen LogP contribution is -2.32. The number of ether oxygens (including phenoxy) is 1. The molecule has 0 aromatic carbocycles. The molecule has 0 aliphatic carbocycles. The van der Waals surface area contributed by atoms with Crippen molar-refractivity contribution in [1.29, 1.82) is 0 Å². The third-order valence-corrected chi connectivity index (χ3v) is 2.98. The first-order valence-corrected chi connectivity index (χ1v) is 5.62. The Morgan fingerprint density at radius 1 is 1.47 bits per heavy atom. The zero-order valence-corrected chi connectivity index (χ0v) is 10.7. The Balaban J connectivity index is 4.64. The predicted molar refractivity (Wildman–Crippen MR) is 63.6 cm³/mol. The van der Waals surface area contributed by atoms with Gasteiger partial charge in [-0.15, -0.1) is 6.58 Å². The highest BCUT2D eigenvalue weighted by Crippen LogP contribution is 2.34. The Labute approximate surface area is 93.7 Å². The zero-order valence-electron chi connectivity index (χ0n) is 10.7. The highest BCUT2D eigenvalue weighted by atomic mass is 16.5. The number of allylic oxidation sites excluding steroid dienone is 1. The van der Waals surface area contributed by atoms with E-state index in [1.807, 2.05) is 6.92 Å². The van der Waals surface area contributed by atoms with Crippen LogP contribution in [0.25, 0.3) is 0 Å². The molecule has 88 valence electrons. The number of hydrogen-bond donors (Lipinski definition) is 0. The van der Waals surface area contributed by atoms with Crippen LogP contribution < -0.4 is 0 Å². The van der Waals surface area contributed by atoms with Crippen molar-refractivity contribution in [3.63, 3.8) is 0 Å². The average molecular weight is 212 g/mol. The molecule has 0 fully saturated rings. The topological polar surface area (TPSA) is 26.3 Å². The van der Waals surface area contributed by atoms with Crippen LogP contribution >= 0.6 is 0 Å². The van der Waals surface area contributed by atoms with Crippen molar-refractivity contribution >= 4 is 5.97 Å². The van der Waals surface area contributed by atoms with Crippen molar-refractivity contribution in [2.75, 3.05) is 6.61 Å². The van der Waals surface area contributed by atoms with Gasteiger partial charge in [-0.25, -0.2) is 0 Å². The maximum atomic E-state index is 11.8. The van der Waals surface area contributed by atoms with Crippen LogP contribution in [0.2, 0.25) is 0 Å². The first kappa shape index (κ1) is 14.2. The first-order chi connectivity index (χ1) is 6.84. The van der Waals surface area contributed by atoms with Crippen LogP contribution in [0.5, 0.6) is 0 Å². The minimum Gasteiger partial charge on any atom is -0.466 e. The molecule has 0 aromatic heterocycles. The van der Waals surface area contributed by atoms with Gasteiger partial charge in [-0.05, 0) is 24.7 Å². The Kier molecular flexibility index (Phi) is 5.63. The molecular weight excluding hydrogens is 188 g/mol. The summed E-state index contributed by atoms with van der Waals surface area (Å²) in [4.78, 5) is 11.8. The summed E-state index contributed by atoms with van der Waals surface area (Å²) in [7, 11) is 0. The van der Waals surface area contributed by atoms with Gasteiger partial charge in [0.05, 0.1) is 12.5 Å². The lowest BCUT2D eigenvalue weighted by molar-refractivity contribution is -0.151. The molecule has 0 N–H and O–H groups in total. The normalized spacial score (nSPS) is 15.5. The van der Waals surface area contributed by atoms with E-state index in [0.29, 0.717) is 13.0 Å². The maximum Gasteiger partial charge on any atom is 0.309 e. The van der Waals surface area contributed by atoms with Crippen molar-refractivity contribution in [2.45, 2.75) is 41.0 Å². The van der Waals surface area contributed by atoms with Gasteiger partial charge in [0.1, 0.15) is 0 Å². The molecule has 0 aromatic rings. The van der Waals surface area contributed by atoms with E-state index >= 15 is 0 Å². The fourth-order valence-corrected chi connectivity index (χ4v) is 1.54. The van der Waals surface area contributed by atoms with Crippen LogP contribution in [0.3, 0.4) is 0 Å². The Morgan fingerprint density at radius 2 is 2.00 bits per heavy atom. The van der Waals surface area contributed by atoms with Gasteiger partial charge in [0.2, 0.25) is 0 Å². The highest BCUT2D eigenvalue weighted by Gasteiger charge is 2.33. The van der Waals surface area contributed by atoms with E-state index in [9.17, 15) is 4.79 Å². The van der Waals surface area contributed by atoms with Gasteiger partial charge in [-0.3, -0.25) is 4.79 Å². The fraction of sp³-hybridized carbons (Fsp3) is 0.769. The Bertz CT molecular complexity index is 213. The molecule has 0 saturated carbocycles. The van der Waals surface area contributed by atoms with Gasteiger partial charge in [0.15, 0.2) is 0 Å². The maximum absolute atomic E-state index is 11.8. The third kappa shape index (κ3) is 4.50. The third-order valence-electron chi connectivity index (χ3n) is 2.98. The van der Waals surface area contributed by atoms with Crippen LogP contribution in [0.4, 0.5) is 0 Å². The molecule has 2 atom stereocenters. The molecule has 0 unspecified atom stereocenters. The molecule has 0 aliphatic rings. The van der Waals surface area contributed by atoms with Crippen molar-refractivity contribution in [1.82, 2.24) is 0 Å². The zero-order chi connectivity index (χ0) is 12.1. The molecule has 0 bridgehead atoms. The molecule has 0 amide bonds. The molecular formula is C13H24O2. The van der Waals surface area contributed by atoms with Crippen LogP contribution in [0.1, 0.15) is 41.0 Å². The smallest absolute Gasteiger partial charge is 0.309 e. The largest absolute Gasteiger partial charge is 0.466 e. The summed E-state index contributed by atoms with van der Waals surface area (Å²) in [5.41, 5.74) is 0.112. The van der Waals surface area contributed by atoms with Crippen molar-refractivity contribution in [3.05, 3.63) is 12.7 Å². The van der Waals surface area contributed by atoms with E-state index in [2.05, 4.69) is 34.3 Å². The van der Waals surface area contributed by atoms with Gasteiger partial charge < -0.3 is 4.74 Å². The molecule has 0 aliphatic heterocycles. The predicted octanol–water partition coefficient (Wildman–Crippen LogP) is 3.42. The average Bonchev–Trinajstić information content (AvgIpc) is 2.12. The summed E-state index contributed by atoms with van der Waals surface area (Å²) < 4.78 is 5.09. The molecule has 0 heterocycles. The summed E-state index contributed by atoms with van der Waals surface area (Å²) in [5, 5.41) is 0. The van der Waals surface area contributed by atoms with Crippen LogP contribution in [-0.4, -0.2) is 12.6 Å². The van der Waals surface area contributed by atoms with E-state index in [4.69, 9.17) is 4.74 Å². The minimum atomic E-state index is -0.0974. The second-order valence-electron chi connectivity index (χ2n) is 5.04. The number of rotatable bonds is 5. The summed E-state index contributed by atoms with van der Waals surface area (Å²) in [5.74, 6) is 0.122. The first-order valence-electron chi connectivity index (χ1n) is 5.62. The lowest BCUT2D eigenvalue weighted by Gasteiger charge is -2.32. The SMILES string of the molecule is C=CC[C@H](C(=O)OCC)[C@H](C)C(C)(C)C. The molecule has 2 nitrogen and oxygen atoms in total. The molecule has 0 saturated heterocycles. The van der Waals surface area contributed by atoms with E-state index in [1.165, 1.54) is 0 Å². The summed E-state index contributed by atoms with van der Waals surface area (Å²) in [6, 6.07) is 0. The molecule has 2 heteroatoms. The quantitative estimate of drug-likeness (QED) is 0.515. The van der Waals surface area contributed by atoms with Crippen LogP contribution in [0, 0.1) is 17.3 Å². The second-order valence-corrected chi connectivity index (χ2v) is 5.04. The van der Waals surface area contributed by atoms with Crippen LogP contribution in [0.15, 0.2) is 12.7 Å². The van der Waals surface area contributed by atoms with Gasteiger partial charge in [0.25, 0.3) is 0 Å². The second kappa shape index (κ2) is 5.94. The van der Waals surface area contributed by atoms with Gasteiger partial charge in [-0.1, -0.05) is 33.8 Å². The standard InChI is InChI=1S/C13H24O2/c1-7-9-11(12(14)15-8-2)10(3)13(4,5)6/h7,10-11H,1,8-9H2,2-6H3/t10-,11-/m0/s1. The Hall–Kier alpha value is -0.790. The minimum absolute atomic E-state index is 0.0672. The van der Waals surface area contributed by atoms with Gasteiger partial charge in [0, 0.05) is 0 Å². The van der Waals surface area contributed by atoms with E-state index in [0.717, 1.165) is 0 Å². The van der Waals surface area contributed by atoms with Gasteiger partial charge >= 0.3 is 5.97 Å². The number of carbonyl (C=O) groups excluding carboxylic acids is 1. The van der Waals surface area contributed by atoms with Crippen LogP contribution in [-0.2, 0) is 9.53 Å². The molecule has 0 rings (SSSR count). The summed E-state index contributed by atoms with van der Waals surface area (Å²) in [6.07, 6.45) is 2.49. The van der Waals surface area contributed by atoms with Crippen molar-refractivity contribution in [3.8, 4) is 0 Å². The molecule has 0 radical (unpaired) electrons. The number of hydrogen-bond acceptors (Lipinski definition) is 2. The van der Waals surface area contributed by atoms with Gasteiger partial charge in [-0.2, -0.15) is 0 Å². The summed E-state index contributed by atoms with van der Waals surface area (Å²) >= 11 is 0. The fourth-order valence-electron chi connectivity index (χ4n) is 1.54. The van der Waals surface area contributed by atoms with Crippen molar-refractivity contribution < 1.29 is 9.53 Å². The monoisotopic (exact) mass is 212 g/mol. The van der Waals surface area contributed by atoms with Crippen molar-refractivity contribution in [2.24, 2.45) is 17.3 Å². The van der Waals surface area contributed by atoms with E-state index in [1.54, 1.807) is 6.08 Å². The summed E-state index contributed by atoms with van der Waals surface area (Å²) in [6.45, 7) is 14.5. The lowest BCUT2D eigenvalue weighted by atomic mass is 9.73. The number of carbonyl (C=O) groups is 1. The highest BCUT2D eigenvalue weighted by molar-refractivity contribution is 5.73. The molecule has 0 spiro atoms. The molecule has 15 heavy (non-hydrogen) atoms. The number of esters is 1. The Morgan fingerprint density at radius 3 is 2.33 bits per heavy atom. The van der Waals surface area contributed by atoms with E-state index in [-0.39, 0.29) is 23.2 Å².